The van der Waals surface area contributed by atoms with E-state index in [1.807, 2.05) is 37.3 Å². The molecule has 2 aromatic rings. The molecule has 4 nitrogen and oxygen atoms in total. The summed E-state index contributed by atoms with van der Waals surface area (Å²) in [6.45, 7) is 2.39. The smallest absolute Gasteiger partial charge is 0.244 e. The first-order valence-corrected chi connectivity index (χ1v) is 7.18. The SMILES string of the molecule is CCC(O)CCNC(=O)/C=C/c1cccc2cccnc12. The second kappa shape index (κ2) is 7.55. The summed E-state index contributed by atoms with van der Waals surface area (Å²) in [4.78, 5) is 16.1. The van der Waals surface area contributed by atoms with Gasteiger partial charge in [-0.15, -0.1) is 0 Å². The van der Waals surface area contributed by atoms with Crippen molar-refractivity contribution in [2.45, 2.75) is 25.9 Å². The van der Waals surface area contributed by atoms with E-state index in [0.717, 1.165) is 16.5 Å². The Balaban J connectivity index is 1.98. The van der Waals surface area contributed by atoms with Crippen LogP contribution in [0.2, 0.25) is 0 Å². The molecule has 0 aliphatic heterocycles. The number of benzene rings is 1. The van der Waals surface area contributed by atoms with Gasteiger partial charge in [-0.3, -0.25) is 9.78 Å². The molecule has 0 aliphatic rings. The van der Waals surface area contributed by atoms with Gasteiger partial charge in [0, 0.05) is 29.8 Å². The molecule has 1 heterocycles. The fourth-order valence-corrected chi connectivity index (χ4v) is 2.05. The Morgan fingerprint density at radius 2 is 2.19 bits per heavy atom. The van der Waals surface area contributed by atoms with Crippen molar-refractivity contribution in [2.75, 3.05) is 6.54 Å². The van der Waals surface area contributed by atoms with Gasteiger partial charge >= 0.3 is 0 Å². The van der Waals surface area contributed by atoms with E-state index in [1.165, 1.54) is 6.08 Å². The molecule has 1 aromatic heterocycles. The summed E-state index contributed by atoms with van der Waals surface area (Å²) in [6, 6.07) is 9.75. The number of aliphatic hydroxyl groups excluding tert-OH is 1. The standard InChI is InChI=1S/C17H20N2O2/c1-2-15(20)10-12-18-16(21)9-8-14-6-3-5-13-7-4-11-19-17(13)14/h3-9,11,15,20H,2,10,12H2,1H3,(H,18,21)/b9-8+. The molecule has 1 aromatic carbocycles. The molecule has 0 saturated heterocycles. The summed E-state index contributed by atoms with van der Waals surface area (Å²) in [5.41, 5.74) is 1.79. The summed E-state index contributed by atoms with van der Waals surface area (Å²) in [5.74, 6) is -0.161. The molecule has 0 fully saturated rings. The highest BCUT2D eigenvalue weighted by molar-refractivity contribution is 5.95. The summed E-state index contributed by atoms with van der Waals surface area (Å²) in [5, 5.41) is 13.2. The van der Waals surface area contributed by atoms with Gasteiger partial charge in [0.1, 0.15) is 0 Å². The van der Waals surface area contributed by atoms with Crippen LogP contribution in [0.25, 0.3) is 17.0 Å². The number of aliphatic hydroxyl groups is 1. The molecular formula is C17H20N2O2. The monoisotopic (exact) mass is 284 g/mol. The lowest BCUT2D eigenvalue weighted by Crippen LogP contribution is -2.25. The molecular weight excluding hydrogens is 264 g/mol. The van der Waals surface area contributed by atoms with Crippen molar-refractivity contribution in [3.8, 4) is 0 Å². The molecule has 1 unspecified atom stereocenters. The van der Waals surface area contributed by atoms with E-state index in [-0.39, 0.29) is 12.0 Å². The highest BCUT2D eigenvalue weighted by atomic mass is 16.3. The average Bonchev–Trinajstić information content (AvgIpc) is 2.52. The van der Waals surface area contributed by atoms with Gasteiger partial charge in [-0.05, 0) is 25.0 Å². The maximum atomic E-state index is 11.7. The van der Waals surface area contributed by atoms with Crippen LogP contribution in [0.3, 0.4) is 0 Å². The van der Waals surface area contributed by atoms with Crippen LogP contribution in [0, 0.1) is 0 Å². The van der Waals surface area contributed by atoms with Gasteiger partial charge < -0.3 is 10.4 Å². The first-order valence-electron chi connectivity index (χ1n) is 7.18. The highest BCUT2D eigenvalue weighted by Gasteiger charge is 2.02. The maximum Gasteiger partial charge on any atom is 0.244 e. The number of carbonyl (C=O) groups is 1. The Bertz CT molecular complexity index is 632. The number of rotatable bonds is 6. The zero-order chi connectivity index (χ0) is 15.1. The van der Waals surface area contributed by atoms with Crippen molar-refractivity contribution in [1.29, 1.82) is 0 Å². The molecule has 1 atom stereocenters. The number of nitrogens with zero attached hydrogens (tertiary/aromatic N) is 1. The van der Waals surface area contributed by atoms with Gasteiger partial charge in [-0.2, -0.15) is 0 Å². The first-order chi connectivity index (χ1) is 10.2. The van der Waals surface area contributed by atoms with Crippen molar-refractivity contribution in [2.24, 2.45) is 0 Å². The fourth-order valence-electron chi connectivity index (χ4n) is 2.05. The molecule has 0 bridgehead atoms. The van der Waals surface area contributed by atoms with Crippen LogP contribution in [-0.2, 0) is 4.79 Å². The summed E-state index contributed by atoms with van der Waals surface area (Å²) < 4.78 is 0. The topological polar surface area (TPSA) is 62.2 Å². The minimum Gasteiger partial charge on any atom is -0.393 e. The van der Waals surface area contributed by atoms with Crippen LogP contribution in [0.15, 0.2) is 42.6 Å². The summed E-state index contributed by atoms with van der Waals surface area (Å²) in [7, 11) is 0. The second-order valence-corrected chi connectivity index (χ2v) is 4.90. The first kappa shape index (κ1) is 15.2. The van der Waals surface area contributed by atoms with E-state index < -0.39 is 0 Å². The third kappa shape index (κ3) is 4.39. The number of hydrogen-bond donors (Lipinski definition) is 2. The highest BCUT2D eigenvalue weighted by Crippen LogP contribution is 2.16. The predicted molar refractivity (Wildman–Crippen MR) is 84.7 cm³/mol. The van der Waals surface area contributed by atoms with E-state index >= 15 is 0 Å². The van der Waals surface area contributed by atoms with Gasteiger partial charge in [0.25, 0.3) is 0 Å². The Kier molecular flexibility index (Phi) is 5.46. The van der Waals surface area contributed by atoms with Crippen molar-refractivity contribution in [1.82, 2.24) is 10.3 Å². The van der Waals surface area contributed by atoms with Crippen LogP contribution in [0.4, 0.5) is 0 Å². The molecule has 0 radical (unpaired) electrons. The van der Waals surface area contributed by atoms with E-state index in [9.17, 15) is 9.90 Å². The Morgan fingerprint density at radius 3 is 3.00 bits per heavy atom. The second-order valence-electron chi connectivity index (χ2n) is 4.90. The molecule has 0 spiro atoms. The van der Waals surface area contributed by atoms with Gasteiger partial charge in [-0.25, -0.2) is 0 Å². The molecule has 2 rings (SSSR count). The number of hydrogen-bond acceptors (Lipinski definition) is 3. The van der Waals surface area contributed by atoms with Crippen molar-refractivity contribution in [3.05, 3.63) is 48.2 Å². The van der Waals surface area contributed by atoms with Crippen LogP contribution in [0.5, 0.6) is 0 Å². The lowest BCUT2D eigenvalue weighted by Gasteiger charge is -2.07. The zero-order valence-corrected chi connectivity index (χ0v) is 12.1. The summed E-state index contributed by atoms with van der Waals surface area (Å²) >= 11 is 0. The molecule has 2 N–H and O–H groups in total. The van der Waals surface area contributed by atoms with Crippen molar-refractivity contribution in [3.63, 3.8) is 0 Å². The van der Waals surface area contributed by atoms with Crippen LogP contribution in [-0.4, -0.2) is 28.6 Å². The molecule has 0 aliphatic carbocycles. The third-order valence-electron chi connectivity index (χ3n) is 3.33. The average molecular weight is 284 g/mol. The lowest BCUT2D eigenvalue weighted by atomic mass is 10.1. The molecule has 0 saturated carbocycles. The van der Waals surface area contributed by atoms with Gasteiger partial charge in [0.15, 0.2) is 0 Å². The molecule has 110 valence electrons. The number of nitrogens with one attached hydrogen (secondary N) is 1. The van der Waals surface area contributed by atoms with E-state index in [1.54, 1.807) is 12.3 Å². The number of para-hydroxylation sites is 1. The van der Waals surface area contributed by atoms with Crippen LogP contribution in [0.1, 0.15) is 25.3 Å². The van der Waals surface area contributed by atoms with Gasteiger partial charge in [-0.1, -0.05) is 31.2 Å². The van der Waals surface area contributed by atoms with Gasteiger partial charge in [0.05, 0.1) is 11.6 Å². The minimum absolute atomic E-state index is 0.161. The van der Waals surface area contributed by atoms with E-state index in [0.29, 0.717) is 19.4 Å². The number of aromatic nitrogens is 1. The maximum absolute atomic E-state index is 11.7. The minimum atomic E-state index is -0.350. The van der Waals surface area contributed by atoms with Crippen molar-refractivity contribution < 1.29 is 9.90 Å². The predicted octanol–water partition coefficient (Wildman–Crippen LogP) is 2.53. The number of amides is 1. The molecule has 4 heteroatoms. The Hall–Kier alpha value is -2.20. The van der Waals surface area contributed by atoms with E-state index in [2.05, 4.69) is 10.3 Å². The summed E-state index contributed by atoms with van der Waals surface area (Å²) in [6.07, 6.45) is 5.94. The normalized spacial score (nSPS) is 12.7. The Morgan fingerprint density at radius 1 is 1.38 bits per heavy atom. The van der Waals surface area contributed by atoms with Crippen LogP contribution < -0.4 is 5.32 Å². The van der Waals surface area contributed by atoms with Crippen molar-refractivity contribution >= 4 is 22.9 Å². The third-order valence-corrected chi connectivity index (χ3v) is 3.33. The zero-order valence-electron chi connectivity index (χ0n) is 12.1. The largest absolute Gasteiger partial charge is 0.393 e. The van der Waals surface area contributed by atoms with Crippen LogP contribution >= 0.6 is 0 Å². The number of pyridine rings is 1. The fraction of sp³-hybridized carbons (Fsp3) is 0.294. The molecule has 21 heavy (non-hydrogen) atoms. The molecule has 1 amide bonds. The number of carbonyl (C=O) groups excluding carboxylic acids is 1. The Labute approximate surface area is 124 Å². The van der Waals surface area contributed by atoms with E-state index in [4.69, 9.17) is 0 Å². The van der Waals surface area contributed by atoms with Gasteiger partial charge in [0.2, 0.25) is 5.91 Å². The lowest BCUT2D eigenvalue weighted by molar-refractivity contribution is -0.116. The number of fused-ring (bicyclic) bond motifs is 1. The quantitative estimate of drug-likeness (QED) is 0.801.